The van der Waals surface area contributed by atoms with Crippen LogP contribution in [0.5, 0.6) is 0 Å². The van der Waals surface area contributed by atoms with Crippen LogP contribution in [0.25, 0.3) is 0 Å². The van der Waals surface area contributed by atoms with Gasteiger partial charge in [0.2, 0.25) is 5.91 Å². The van der Waals surface area contributed by atoms with Crippen LogP contribution in [0.3, 0.4) is 0 Å². The summed E-state index contributed by atoms with van der Waals surface area (Å²) >= 11 is 12.3. The van der Waals surface area contributed by atoms with Gasteiger partial charge < -0.3 is 40.6 Å². The largest absolute Gasteiger partial charge is 0.463 e. The first-order valence-corrected chi connectivity index (χ1v) is 14.2. The van der Waals surface area contributed by atoms with Gasteiger partial charge in [-0.3, -0.25) is 19.4 Å². The van der Waals surface area contributed by atoms with Crippen LogP contribution in [0.1, 0.15) is 34.8 Å². The summed E-state index contributed by atoms with van der Waals surface area (Å²) in [4.78, 5) is 42.5. The Hall–Kier alpha value is -3.42. The van der Waals surface area contributed by atoms with Crippen LogP contribution in [0.2, 0.25) is 10.0 Å². The van der Waals surface area contributed by atoms with E-state index in [0.29, 0.717) is 39.4 Å². The van der Waals surface area contributed by atoms with Crippen molar-refractivity contribution in [3.8, 4) is 0 Å². The SMILES string of the molecule is O=C(CNC(=O)c1cccc(NC2=NCCCN2)c1)NC(CC(=O)OCCOCCOCCO)c1cc(Cl)cc(Cl)c1. The molecule has 1 atom stereocenters. The lowest BCUT2D eigenvalue weighted by Crippen LogP contribution is -2.39. The number of carbonyl (C=O) groups is 3. The van der Waals surface area contributed by atoms with E-state index >= 15 is 0 Å². The topological polar surface area (TPSA) is 160 Å². The number of nitrogens with zero attached hydrogens (tertiary/aromatic N) is 1. The second-order valence-corrected chi connectivity index (χ2v) is 9.97. The zero-order valence-electron chi connectivity index (χ0n) is 23.0. The molecule has 0 fully saturated rings. The first-order valence-electron chi connectivity index (χ1n) is 13.4. The van der Waals surface area contributed by atoms with E-state index < -0.39 is 23.8 Å². The van der Waals surface area contributed by atoms with Gasteiger partial charge in [-0.05, 0) is 48.4 Å². The molecule has 0 aromatic heterocycles. The maximum absolute atomic E-state index is 12.8. The van der Waals surface area contributed by atoms with Crippen molar-refractivity contribution in [2.24, 2.45) is 4.99 Å². The number of halogens is 2. The smallest absolute Gasteiger partial charge is 0.308 e. The van der Waals surface area contributed by atoms with Crippen LogP contribution in [-0.4, -0.2) is 88.1 Å². The number of benzene rings is 2. The number of guanidine groups is 1. The molecule has 1 aliphatic rings. The highest BCUT2D eigenvalue weighted by molar-refractivity contribution is 6.34. The lowest BCUT2D eigenvalue weighted by atomic mass is 10.0. The first kappa shape index (κ1) is 33.1. The zero-order valence-corrected chi connectivity index (χ0v) is 24.5. The first-order chi connectivity index (χ1) is 20.3. The van der Waals surface area contributed by atoms with E-state index in [9.17, 15) is 14.4 Å². The number of anilines is 1. The Bertz CT molecular complexity index is 1210. The lowest BCUT2D eigenvalue weighted by molar-refractivity contribution is -0.146. The van der Waals surface area contributed by atoms with Gasteiger partial charge in [0.1, 0.15) is 6.61 Å². The van der Waals surface area contributed by atoms with E-state index in [-0.39, 0.29) is 46.0 Å². The normalized spacial score (nSPS) is 13.4. The van der Waals surface area contributed by atoms with Crippen LogP contribution in [-0.2, 0) is 23.8 Å². The van der Waals surface area contributed by atoms with E-state index in [1.54, 1.807) is 30.3 Å². The molecule has 14 heteroatoms. The Morgan fingerprint density at radius 2 is 1.74 bits per heavy atom. The molecular formula is C28H35Cl2N5O7. The summed E-state index contributed by atoms with van der Waals surface area (Å²) in [5.41, 5.74) is 1.53. The number of ether oxygens (including phenoxy) is 3. The van der Waals surface area contributed by atoms with E-state index in [1.165, 1.54) is 6.07 Å². The molecule has 42 heavy (non-hydrogen) atoms. The lowest BCUT2D eigenvalue weighted by Gasteiger charge is -2.20. The molecule has 228 valence electrons. The van der Waals surface area contributed by atoms with Crippen LogP contribution in [0.4, 0.5) is 5.69 Å². The molecule has 12 nitrogen and oxygen atoms in total. The number of rotatable bonds is 16. The molecule has 0 spiro atoms. The van der Waals surface area contributed by atoms with Crippen molar-refractivity contribution in [2.45, 2.75) is 18.9 Å². The highest BCUT2D eigenvalue weighted by Gasteiger charge is 2.21. The molecule has 1 unspecified atom stereocenters. The highest BCUT2D eigenvalue weighted by atomic mass is 35.5. The van der Waals surface area contributed by atoms with Gasteiger partial charge in [0, 0.05) is 34.4 Å². The summed E-state index contributed by atoms with van der Waals surface area (Å²) in [6.45, 7) is 2.11. The van der Waals surface area contributed by atoms with Gasteiger partial charge >= 0.3 is 5.97 Å². The predicted octanol–water partition coefficient (Wildman–Crippen LogP) is 2.30. The fraction of sp³-hybridized carbons (Fsp3) is 0.429. The van der Waals surface area contributed by atoms with Crippen LogP contribution in [0.15, 0.2) is 47.5 Å². The third-order valence-electron chi connectivity index (χ3n) is 5.79. The third kappa shape index (κ3) is 12.2. The molecule has 0 saturated heterocycles. The van der Waals surface area contributed by atoms with Crippen LogP contribution in [0, 0.1) is 0 Å². The van der Waals surface area contributed by atoms with Gasteiger partial charge in [-0.2, -0.15) is 0 Å². The van der Waals surface area contributed by atoms with Crippen LogP contribution < -0.4 is 21.3 Å². The molecule has 3 rings (SSSR count). The van der Waals surface area contributed by atoms with Crippen LogP contribution >= 0.6 is 23.2 Å². The molecule has 0 bridgehead atoms. The minimum Gasteiger partial charge on any atom is -0.463 e. The molecular weight excluding hydrogens is 589 g/mol. The Morgan fingerprint density at radius 3 is 2.45 bits per heavy atom. The Labute approximate surface area is 254 Å². The summed E-state index contributed by atoms with van der Waals surface area (Å²) in [7, 11) is 0. The summed E-state index contributed by atoms with van der Waals surface area (Å²) in [5, 5.41) is 21.0. The fourth-order valence-electron chi connectivity index (χ4n) is 3.85. The number of hydrogen-bond acceptors (Lipinski definition) is 10. The van der Waals surface area contributed by atoms with Gasteiger partial charge in [-0.15, -0.1) is 0 Å². The summed E-state index contributed by atoms with van der Waals surface area (Å²) < 4.78 is 15.6. The maximum atomic E-state index is 12.8. The molecule has 0 aliphatic carbocycles. The van der Waals surface area contributed by atoms with Gasteiger partial charge in [0.05, 0.1) is 52.0 Å². The molecule has 1 heterocycles. The van der Waals surface area contributed by atoms with Crippen molar-refractivity contribution < 1.29 is 33.7 Å². The molecule has 1 aliphatic heterocycles. The number of aliphatic imine (C=N–C) groups is 1. The average Bonchev–Trinajstić information content (AvgIpc) is 2.97. The standard InChI is InChI=1S/C28H35Cl2N5O7/c29-21-13-20(14-22(30)16-21)24(17-26(38)42-12-11-41-10-9-40-8-7-36)35-25(37)18-33-27(39)19-3-1-4-23(15-19)34-28-31-5-2-6-32-28/h1,3-4,13-16,24,36H,2,5-12,17-18H2,(H,33,39)(H,35,37)(H2,31,32,34). The zero-order chi connectivity index (χ0) is 30.2. The number of esters is 1. The predicted molar refractivity (Wildman–Crippen MR) is 159 cm³/mol. The molecule has 2 amide bonds. The highest BCUT2D eigenvalue weighted by Crippen LogP contribution is 2.26. The van der Waals surface area contributed by atoms with Gasteiger partial charge in [-0.25, -0.2) is 0 Å². The van der Waals surface area contributed by atoms with Crippen molar-refractivity contribution in [2.75, 3.05) is 64.6 Å². The van der Waals surface area contributed by atoms with Crippen molar-refractivity contribution in [3.05, 3.63) is 63.6 Å². The maximum Gasteiger partial charge on any atom is 0.308 e. The van der Waals surface area contributed by atoms with E-state index in [2.05, 4.69) is 26.3 Å². The number of carbonyl (C=O) groups excluding carboxylic acids is 3. The summed E-state index contributed by atoms with van der Waals surface area (Å²) in [5.74, 6) is -0.920. The molecule has 2 aromatic carbocycles. The van der Waals surface area contributed by atoms with Crippen molar-refractivity contribution >= 4 is 52.6 Å². The fourth-order valence-corrected chi connectivity index (χ4v) is 4.40. The number of amides is 2. The van der Waals surface area contributed by atoms with E-state index in [1.807, 2.05) is 6.07 Å². The summed E-state index contributed by atoms with van der Waals surface area (Å²) in [6.07, 6.45) is 0.752. The number of aliphatic hydroxyl groups is 1. The number of hydrogen-bond donors (Lipinski definition) is 5. The van der Waals surface area contributed by atoms with Gasteiger partial charge in [0.25, 0.3) is 5.91 Å². The van der Waals surface area contributed by atoms with Crippen molar-refractivity contribution in [1.29, 1.82) is 0 Å². The molecule has 5 N–H and O–H groups in total. The Morgan fingerprint density at radius 1 is 1.00 bits per heavy atom. The molecule has 2 aromatic rings. The van der Waals surface area contributed by atoms with Crippen molar-refractivity contribution in [1.82, 2.24) is 16.0 Å². The molecule has 0 radical (unpaired) electrons. The second kappa shape index (κ2) is 18.2. The second-order valence-electron chi connectivity index (χ2n) is 9.09. The number of aliphatic hydroxyl groups excluding tert-OH is 1. The monoisotopic (exact) mass is 623 g/mol. The van der Waals surface area contributed by atoms with E-state index in [4.69, 9.17) is 42.5 Å². The minimum absolute atomic E-state index is 0.00316. The third-order valence-corrected chi connectivity index (χ3v) is 6.22. The minimum atomic E-state index is -0.817. The van der Waals surface area contributed by atoms with E-state index in [0.717, 1.165) is 19.5 Å². The summed E-state index contributed by atoms with van der Waals surface area (Å²) in [6, 6.07) is 10.7. The Kier molecular flexibility index (Phi) is 14.3. The average molecular weight is 625 g/mol. The quantitative estimate of drug-likeness (QED) is 0.140. The van der Waals surface area contributed by atoms with Gasteiger partial charge in [-0.1, -0.05) is 29.3 Å². The number of nitrogens with one attached hydrogen (secondary N) is 4. The van der Waals surface area contributed by atoms with Crippen molar-refractivity contribution in [3.63, 3.8) is 0 Å². The molecule has 0 saturated carbocycles. The van der Waals surface area contributed by atoms with Gasteiger partial charge in [0.15, 0.2) is 5.96 Å². The Balaban J connectivity index is 1.52.